The maximum atomic E-state index is 6.15. The Morgan fingerprint density at radius 1 is 0.958 bits per heavy atom. The summed E-state index contributed by atoms with van der Waals surface area (Å²) in [4.78, 5) is 8.35. The number of hydrogen-bond acceptors (Lipinski definition) is 4. The van der Waals surface area contributed by atoms with Gasteiger partial charge in [0.15, 0.2) is 0 Å². The molecule has 0 unspecified atom stereocenters. The van der Waals surface area contributed by atoms with E-state index in [9.17, 15) is 0 Å². The molecule has 0 saturated heterocycles. The second-order valence-corrected chi connectivity index (χ2v) is 6.14. The highest BCUT2D eigenvalue weighted by Gasteiger charge is 2.12. The smallest absolute Gasteiger partial charge is 0.132 e. The van der Waals surface area contributed by atoms with Crippen LogP contribution in [-0.2, 0) is 0 Å². The van der Waals surface area contributed by atoms with E-state index in [1.54, 1.807) is 29.9 Å². The lowest BCUT2D eigenvalue weighted by Crippen LogP contribution is -1.92. The maximum Gasteiger partial charge on any atom is 0.132 e. The molecule has 0 aliphatic heterocycles. The minimum atomic E-state index is 0.541. The van der Waals surface area contributed by atoms with Crippen molar-refractivity contribution in [3.63, 3.8) is 0 Å². The van der Waals surface area contributed by atoms with Crippen LogP contribution in [0.15, 0.2) is 66.4 Å². The molecule has 0 fully saturated rings. The fourth-order valence-corrected chi connectivity index (χ4v) is 3.61. The van der Waals surface area contributed by atoms with Gasteiger partial charge < -0.3 is 5.73 Å². The Labute approximate surface area is 143 Å². The zero-order valence-electron chi connectivity index (χ0n) is 12.7. The predicted molar refractivity (Wildman–Crippen MR) is 99.7 cm³/mol. The van der Waals surface area contributed by atoms with Crippen molar-refractivity contribution in [3.05, 3.63) is 77.6 Å². The Hall–Kier alpha value is -3.16. The molecule has 3 aromatic heterocycles. The van der Waals surface area contributed by atoms with Crippen molar-refractivity contribution >= 4 is 27.2 Å². The molecule has 114 valence electrons. The average molecular weight is 327 g/mol. The Balaban J connectivity index is 1.87. The molecule has 0 amide bonds. The summed E-state index contributed by atoms with van der Waals surface area (Å²) in [5.74, 6) is 6.91. The summed E-state index contributed by atoms with van der Waals surface area (Å²) in [6.07, 6.45) is 5.22. The number of nitrogens with two attached hydrogens (primary N) is 1. The van der Waals surface area contributed by atoms with Crippen LogP contribution in [0.3, 0.4) is 0 Å². The summed E-state index contributed by atoms with van der Waals surface area (Å²) in [5.41, 5.74) is 10.2. The number of rotatable bonds is 1. The van der Waals surface area contributed by atoms with Crippen molar-refractivity contribution in [2.45, 2.75) is 0 Å². The molecule has 24 heavy (non-hydrogen) atoms. The molecule has 0 saturated carbocycles. The third-order valence-electron chi connectivity index (χ3n) is 3.73. The Morgan fingerprint density at radius 3 is 2.54 bits per heavy atom. The van der Waals surface area contributed by atoms with Crippen LogP contribution in [0.4, 0.5) is 5.82 Å². The number of pyridine rings is 2. The summed E-state index contributed by atoms with van der Waals surface area (Å²) < 4.78 is 1.07. The number of nitrogens with zero attached hydrogens (tertiary/aromatic N) is 2. The highest BCUT2D eigenvalue weighted by atomic mass is 32.1. The number of thiophene rings is 1. The summed E-state index contributed by atoms with van der Waals surface area (Å²) in [7, 11) is 0. The molecule has 0 radical (unpaired) electrons. The van der Waals surface area contributed by atoms with Gasteiger partial charge in [-0.05, 0) is 23.1 Å². The number of hydrogen-bond donors (Lipinski definition) is 1. The lowest BCUT2D eigenvalue weighted by atomic mass is 10.0. The van der Waals surface area contributed by atoms with Gasteiger partial charge in [0.05, 0.1) is 10.3 Å². The fraction of sp³-hybridized carbons (Fsp3) is 0. The first kappa shape index (κ1) is 14.4. The first-order valence-electron chi connectivity index (χ1n) is 7.46. The standard InChI is InChI=1S/C20H13N3S/c21-20-18-17(15-4-2-1-3-5-15)13-24-19(18)16(12-23-20)7-6-14-8-10-22-11-9-14/h1-5,8-13H,(H2,21,23). The second-order valence-electron chi connectivity index (χ2n) is 5.26. The summed E-state index contributed by atoms with van der Waals surface area (Å²) in [5, 5.41) is 3.10. The number of benzene rings is 1. The van der Waals surface area contributed by atoms with Gasteiger partial charge in [0.2, 0.25) is 0 Å². The molecule has 0 spiro atoms. The molecule has 2 N–H and O–H groups in total. The quantitative estimate of drug-likeness (QED) is 0.529. The van der Waals surface area contributed by atoms with E-state index in [1.165, 1.54) is 0 Å². The SMILES string of the molecule is Nc1ncc(C#Cc2ccncc2)c2scc(-c3ccccc3)c12. The van der Waals surface area contributed by atoms with Gasteiger partial charge in [-0.25, -0.2) is 4.98 Å². The number of anilines is 1. The average Bonchev–Trinajstić information content (AvgIpc) is 3.09. The van der Waals surface area contributed by atoms with Crippen LogP contribution in [0, 0.1) is 11.8 Å². The van der Waals surface area contributed by atoms with Crippen LogP contribution in [0.25, 0.3) is 21.2 Å². The number of nitrogen functional groups attached to an aromatic ring is 1. The van der Waals surface area contributed by atoms with E-state index in [-0.39, 0.29) is 0 Å². The molecule has 0 bridgehead atoms. The molecule has 1 aromatic carbocycles. The molecule has 3 heterocycles. The zero-order valence-corrected chi connectivity index (χ0v) is 13.5. The topological polar surface area (TPSA) is 51.8 Å². The van der Waals surface area contributed by atoms with Gasteiger partial charge in [-0.15, -0.1) is 11.3 Å². The molecule has 0 aliphatic rings. The largest absolute Gasteiger partial charge is 0.383 e. The van der Waals surface area contributed by atoms with Crippen LogP contribution >= 0.6 is 11.3 Å². The number of aromatic nitrogens is 2. The van der Waals surface area contributed by atoms with Gasteiger partial charge >= 0.3 is 0 Å². The Morgan fingerprint density at radius 2 is 1.75 bits per heavy atom. The van der Waals surface area contributed by atoms with Gasteiger partial charge in [-0.2, -0.15) is 0 Å². The van der Waals surface area contributed by atoms with Crippen molar-refractivity contribution in [1.29, 1.82) is 0 Å². The van der Waals surface area contributed by atoms with Crippen LogP contribution in [0.1, 0.15) is 11.1 Å². The van der Waals surface area contributed by atoms with Gasteiger partial charge in [-0.3, -0.25) is 4.98 Å². The van der Waals surface area contributed by atoms with E-state index >= 15 is 0 Å². The first-order chi connectivity index (χ1) is 11.8. The molecule has 0 atom stereocenters. The molecule has 0 aliphatic carbocycles. The molecule has 3 nitrogen and oxygen atoms in total. The zero-order chi connectivity index (χ0) is 16.4. The first-order valence-corrected chi connectivity index (χ1v) is 8.34. The molecule has 4 aromatic rings. The van der Waals surface area contributed by atoms with Crippen LogP contribution in [-0.4, -0.2) is 9.97 Å². The molecule has 4 heteroatoms. The third kappa shape index (κ3) is 2.62. The minimum Gasteiger partial charge on any atom is -0.383 e. The summed E-state index contributed by atoms with van der Waals surface area (Å²) in [6.45, 7) is 0. The van der Waals surface area contributed by atoms with Crippen LogP contribution < -0.4 is 5.73 Å². The lowest BCUT2D eigenvalue weighted by Gasteiger charge is -2.03. The summed E-state index contributed by atoms with van der Waals surface area (Å²) in [6, 6.07) is 14.0. The van der Waals surface area contributed by atoms with Gasteiger partial charge in [0.25, 0.3) is 0 Å². The van der Waals surface area contributed by atoms with Crippen LogP contribution in [0.2, 0.25) is 0 Å². The van der Waals surface area contributed by atoms with Gasteiger partial charge in [-0.1, -0.05) is 42.2 Å². The third-order valence-corrected chi connectivity index (χ3v) is 4.74. The lowest BCUT2D eigenvalue weighted by molar-refractivity contribution is 1.32. The van der Waals surface area contributed by atoms with E-state index in [0.717, 1.165) is 32.3 Å². The van der Waals surface area contributed by atoms with Crippen molar-refractivity contribution in [1.82, 2.24) is 9.97 Å². The summed E-state index contributed by atoms with van der Waals surface area (Å²) >= 11 is 1.65. The van der Waals surface area contributed by atoms with E-state index in [4.69, 9.17) is 5.73 Å². The molecular formula is C20H13N3S. The van der Waals surface area contributed by atoms with Crippen molar-refractivity contribution in [2.24, 2.45) is 0 Å². The highest BCUT2D eigenvalue weighted by Crippen LogP contribution is 2.38. The van der Waals surface area contributed by atoms with E-state index in [2.05, 4.69) is 39.3 Å². The normalized spacial score (nSPS) is 10.3. The van der Waals surface area contributed by atoms with E-state index in [1.807, 2.05) is 30.3 Å². The Bertz CT molecular complexity index is 1060. The maximum absolute atomic E-state index is 6.15. The van der Waals surface area contributed by atoms with Crippen molar-refractivity contribution in [2.75, 3.05) is 5.73 Å². The predicted octanol–water partition coefficient (Wildman–Crippen LogP) is 4.34. The van der Waals surface area contributed by atoms with E-state index in [0.29, 0.717) is 5.82 Å². The Kier molecular flexibility index (Phi) is 3.70. The van der Waals surface area contributed by atoms with Gasteiger partial charge in [0, 0.05) is 35.1 Å². The fourth-order valence-electron chi connectivity index (χ4n) is 2.56. The van der Waals surface area contributed by atoms with E-state index < -0.39 is 0 Å². The van der Waals surface area contributed by atoms with Crippen molar-refractivity contribution in [3.8, 4) is 23.0 Å². The minimum absolute atomic E-state index is 0.541. The second kappa shape index (κ2) is 6.15. The molecule has 4 rings (SSSR count). The molecular weight excluding hydrogens is 314 g/mol. The monoisotopic (exact) mass is 327 g/mol. The van der Waals surface area contributed by atoms with Crippen LogP contribution in [0.5, 0.6) is 0 Å². The van der Waals surface area contributed by atoms with Crippen molar-refractivity contribution < 1.29 is 0 Å². The van der Waals surface area contributed by atoms with Gasteiger partial charge in [0.1, 0.15) is 5.82 Å². The highest BCUT2D eigenvalue weighted by molar-refractivity contribution is 7.18. The number of fused-ring (bicyclic) bond motifs is 1.